The number of benzene rings is 1. The lowest BCUT2D eigenvalue weighted by Gasteiger charge is -2.23. The zero-order valence-electron chi connectivity index (χ0n) is 17.5. The van der Waals surface area contributed by atoms with E-state index in [9.17, 15) is 24.3 Å². The molecule has 10 nitrogen and oxygen atoms in total. The van der Waals surface area contributed by atoms with Crippen molar-refractivity contribution < 1.29 is 33.8 Å². The molecular weight excluding hydrogens is 394 g/mol. The monoisotopic (exact) mass is 423 g/mol. The Labute approximate surface area is 175 Å². The second-order valence-electron chi connectivity index (χ2n) is 7.67. The number of nitrogens with one attached hydrogen (secondary N) is 2. The van der Waals surface area contributed by atoms with Crippen LogP contribution in [0, 0.1) is 0 Å². The number of carbonyl (C=O) groups excluding carboxylic acids is 3. The van der Waals surface area contributed by atoms with Crippen LogP contribution in [0.5, 0.6) is 0 Å². The molecule has 2 amide bonds. The summed E-state index contributed by atoms with van der Waals surface area (Å²) in [5.41, 5.74) is 5.94. The van der Waals surface area contributed by atoms with Crippen LogP contribution in [0.3, 0.4) is 0 Å². The Bertz CT molecular complexity index is 747. The Kier molecular flexibility index (Phi) is 9.25. The average Bonchev–Trinajstić information content (AvgIpc) is 2.63. The van der Waals surface area contributed by atoms with Crippen molar-refractivity contribution in [1.29, 1.82) is 0 Å². The summed E-state index contributed by atoms with van der Waals surface area (Å²) < 4.78 is 9.99. The standard InChI is InChI=1S/C20H29N3O7/c1-12(29-15(24)11-22-19(28)30-20(2,3)4)16(18(26)27)23-17(25)14(21)10-13-8-6-5-7-9-13/h5-9,12,14,16H,10-11,21H2,1-4H3,(H,22,28)(H,23,25)(H,26,27)/t12-,14-,16-/m0/s1. The molecule has 0 saturated carbocycles. The Balaban J connectivity index is 2.57. The van der Waals surface area contributed by atoms with E-state index >= 15 is 0 Å². The summed E-state index contributed by atoms with van der Waals surface area (Å²) in [5, 5.41) is 13.9. The largest absolute Gasteiger partial charge is 0.480 e. The summed E-state index contributed by atoms with van der Waals surface area (Å²) in [4.78, 5) is 47.3. The first kappa shape index (κ1) is 24.9. The van der Waals surface area contributed by atoms with Gasteiger partial charge in [0.15, 0.2) is 6.04 Å². The van der Waals surface area contributed by atoms with Crippen LogP contribution in [0.1, 0.15) is 33.3 Å². The van der Waals surface area contributed by atoms with E-state index in [-0.39, 0.29) is 6.42 Å². The van der Waals surface area contributed by atoms with Gasteiger partial charge in [-0.2, -0.15) is 0 Å². The predicted molar refractivity (Wildman–Crippen MR) is 107 cm³/mol. The number of nitrogens with two attached hydrogens (primary N) is 1. The van der Waals surface area contributed by atoms with Gasteiger partial charge in [-0.15, -0.1) is 0 Å². The molecule has 5 N–H and O–H groups in total. The highest BCUT2D eigenvalue weighted by Crippen LogP contribution is 2.07. The minimum absolute atomic E-state index is 0.215. The van der Waals surface area contributed by atoms with E-state index in [0.717, 1.165) is 5.56 Å². The zero-order valence-corrected chi connectivity index (χ0v) is 17.5. The van der Waals surface area contributed by atoms with Crippen molar-refractivity contribution in [3.8, 4) is 0 Å². The van der Waals surface area contributed by atoms with Crippen molar-refractivity contribution in [3.63, 3.8) is 0 Å². The number of carboxylic acids is 1. The van der Waals surface area contributed by atoms with Crippen molar-refractivity contribution >= 4 is 23.9 Å². The van der Waals surface area contributed by atoms with Crippen LogP contribution in [-0.4, -0.2) is 59.4 Å². The summed E-state index contributed by atoms with van der Waals surface area (Å²) in [6.07, 6.45) is -1.81. The van der Waals surface area contributed by atoms with Gasteiger partial charge in [-0.1, -0.05) is 30.3 Å². The van der Waals surface area contributed by atoms with Crippen molar-refractivity contribution in [3.05, 3.63) is 35.9 Å². The molecule has 166 valence electrons. The third-order valence-corrected chi connectivity index (χ3v) is 3.76. The first-order chi connectivity index (χ1) is 13.9. The molecule has 0 heterocycles. The number of alkyl carbamates (subject to hydrolysis) is 1. The molecule has 0 unspecified atom stereocenters. The molecule has 1 rings (SSSR count). The van der Waals surface area contributed by atoms with Crippen LogP contribution in [0.4, 0.5) is 4.79 Å². The summed E-state index contributed by atoms with van der Waals surface area (Å²) in [6.45, 7) is 5.78. The van der Waals surface area contributed by atoms with Crippen molar-refractivity contribution in [1.82, 2.24) is 10.6 Å². The molecule has 10 heteroatoms. The molecule has 0 bridgehead atoms. The normalized spacial score (nSPS) is 14.0. The minimum Gasteiger partial charge on any atom is -0.480 e. The van der Waals surface area contributed by atoms with E-state index in [1.54, 1.807) is 45.0 Å². The molecule has 0 aliphatic rings. The number of esters is 1. The predicted octanol–water partition coefficient (Wildman–Crippen LogP) is 0.582. The van der Waals surface area contributed by atoms with E-state index in [1.165, 1.54) is 6.92 Å². The number of amides is 2. The van der Waals surface area contributed by atoms with Crippen molar-refractivity contribution in [2.45, 2.75) is 57.9 Å². The molecular formula is C20H29N3O7. The lowest BCUT2D eigenvalue weighted by atomic mass is 10.1. The molecule has 0 aliphatic heterocycles. The number of carbonyl (C=O) groups is 4. The fraction of sp³-hybridized carbons (Fsp3) is 0.500. The number of carboxylic acid groups (broad SMARTS) is 1. The lowest BCUT2D eigenvalue weighted by molar-refractivity contribution is -0.155. The van der Waals surface area contributed by atoms with Gasteiger partial charge in [0.1, 0.15) is 18.2 Å². The van der Waals surface area contributed by atoms with Gasteiger partial charge in [-0.25, -0.2) is 9.59 Å². The second kappa shape index (κ2) is 11.1. The van der Waals surface area contributed by atoms with Gasteiger partial charge < -0.3 is 30.9 Å². The van der Waals surface area contributed by atoms with Crippen LogP contribution < -0.4 is 16.4 Å². The van der Waals surface area contributed by atoms with Crippen LogP contribution in [0.2, 0.25) is 0 Å². The van der Waals surface area contributed by atoms with E-state index in [4.69, 9.17) is 15.2 Å². The number of hydrogen-bond donors (Lipinski definition) is 4. The molecule has 0 saturated heterocycles. The SMILES string of the molecule is C[C@H](OC(=O)CNC(=O)OC(C)(C)C)[C@H](NC(=O)[C@@H](N)Cc1ccccc1)C(=O)O. The molecule has 0 radical (unpaired) electrons. The van der Waals surface area contributed by atoms with E-state index < -0.39 is 54.3 Å². The Morgan fingerprint density at radius 3 is 2.27 bits per heavy atom. The van der Waals surface area contributed by atoms with Crippen LogP contribution in [-0.2, 0) is 30.3 Å². The average molecular weight is 423 g/mol. The summed E-state index contributed by atoms with van der Waals surface area (Å²) in [7, 11) is 0. The quantitative estimate of drug-likeness (QED) is 0.420. The number of rotatable bonds is 9. The maximum atomic E-state index is 12.3. The zero-order chi connectivity index (χ0) is 22.9. The van der Waals surface area contributed by atoms with Gasteiger partial charge >= 0.3 is 18.0 Å². The van der Waals surface area contributed by atoms with E-state index in [1.807, 2.05) is 6.07 Å². The highest BCUT2D eigenvalue weighted by Gasteiger charge is 2.31. The smallest absolute Gasteiger partial charge is 0.408 e. The summed E-state index contributed by atoms with van der Waals surface area (Å²) >= 11 is 0. The van der Waals surface area contributed by atoms with Gasteiger partial charge in [0, 0.05) is 0 Å². The van der Waals surface area contributed by atoms with Crippen molar-refractivity contribution in [2.75, 3.05) is 6.54 Å². The maximum Gasteiger partial charge on any atom is 0.408 e. The Morgan fingerprint density at radius 2 is 1.73 bits per heavy atom. The fourth-order valence-electron chi connectivity index (χ4n) is 2.38. The second-order valence-corrected chi connectivity index (χ2v) is 7.67. The highest BCUT2D eigenvalue weighted by molar-refractivity contribution is 5.87. The van der Waals surface area contributed by atoms with Crippen LogP contribution >= 0.6 is 0 Å². The third kappa shape index (κ3) is 9.37. The van der Waals surface area contributed by atoms with E-state index in [2.05, 4.69) is 10.6 Å². The first-order valence-corrected chi connectivity index (χ1v) is 9.38. The molecule has 1 aromatic carbocycles. The molecule has 0 aliphatic carbocycles. The molecule has 0 spiro atoms. The Hall–Kier alpha value is -3.14. The number of ether oxygens (including phenoxy) is 2. The number of hydrogen-bond acceptors (Lipinski definition) is 7. The summed E-state index contributed by atoms with van der Waals surface area (Å²) in [5.74, 6) is -2.97. The van der Waals surface area contributed by atoms with Gasteiger partial charge in [0.05, 0.1) is 6.04 Å². The van der Waals surface area contributed by atoms with Gasteiger partial charge in [-0.3, -0.25) is 9.59 Å². The first-order valence-electron chi connectivity index (χ1n) is 9.38. The van der Waals surface area contributed by atoms with Crippen LogP contribution in [0.15, 0.2) is 30.3 Å². The van der Waals surface area contributed by atoms with Gasteiger partial charge in [0.2, 0.25) is 5.91 Å². The molecule has 0 aromatic heterocycles. The fourth-order valence-corrected chi connectivity index (χ4v) is 2.38. The van der Waals surface area contributed by atoms with Gasteiger partial charge in [-0.05, 0) is 39.7 Å². The summed E-state index contributed by atoms with van der Waals surface area (Å²) in [6, 6.07) is 6.52. The van der Waals surface area contributed by atoms with E-state index in [0.29, 0.717) is 0 Å². The lowest BCUT2D eigenvalue weighted by Crippen LogP contribution is -2.54. The maximum absolute atomic E-state index is 12.3. The van der Waals surface area contributed by atoms with Crippen molar-refractivity contribution in [2.24, 2.45) is 5.73 Å². The van der Waals surface area contributed by atoms with Crippen LogP contribution in [0.25, 0.3) is 0 Å². The Morgan fingerprint density at radius 1 is 1.13 bits per heavy atom. The molecule has 30 heavy (non-hydrogen) atoms. The molecule has 1 aromatic rings. The van der Waals surface area contributed by atoms with Gasteiger partial charge in [0.25, 0.3) is 0 Å². The topological polar surface area (TPSA) is 157 Å². The highest BCUT2D eigenvalue weighted by atomic mass is 16.6. The molecule has 3 atom stereocenters. The number of aliphatic carboxylic acids is 1. The third-order valence-electron chi connectivity index (χ3n) is 3.76. The molecule has 0 fully saturated rings. The minimum atomic E-state index is -1.51.